The van der Waals surface area contributed by atoms with E-state index in [9.17, 15) is 9.90 Å². The summed E-state index contributed by atoms with van der Waals surface area (Å²) in [4.78, 5) is 19.3. The molecule has 0 bridgehead atoms. The van der Waals surface area contributed by atoms with Gasteiger partial charge in [-0.2, -0.15) is 0 Å². The van der Waals surface area contributed by atoms with Gasteiger partial charge in [0.1, 0.15) is 0 Å². The Morgan fingerprint density at radius 3 is 2.71 bits per heavy atom. The molecular formula is C24H26BrN5O2S2. The van der Waals surface area contributed by atoms with E-state index in [2.05, 4.69) is 49.9 Å². The number of benzene rings is 2. The molecular weight excluding hydrogens is 534 g/mol. The zero-order valence-electron chi connectivity index (χ0n) is 19.1. The molecule has 0 saturated carbocycles. The Labute approximate surface area is 215 Å². The lowest BCUT2D eigenvalue weighted by Gasteiger charge is -2.22. The second-order valence-electron chi connectivity index (χ2n) is 7.85. The van der Waals surface area contributed by atoms with Crippen molar-refractivity contribution >= 4 is 71.7 Å². The molecule has 178 valence electrons. The molecule has 0 atom stereocenters. The number of thioether (sulfide) groups is 1. The molecule has 10 heteroatoms. The number of carbonyl (C=O) groups is 1. The number of aromatic nitrogens is 2. The highest BCUT2D eigenvalue weighted by atomic mass is 79.9. The van der Waals surface area contributed by atoms with E-state index in [0.717, 1.165) is 55.9 Å². The van der Waals surface area contributed by atoms with Crippen LogP contribution in [0.15, 0.2) is 61.5 Å². The van der Waals surface area contributed by atoms with Gasteiger partial charge in [-0.15, -0.1) is 21.6 Å². The number of fused-ring (bicyclic) bond motifs is 2. The maximum absolute atomic E-state index is 12.5. The Morgan fingerprint density at radius 1 is 1.21 bits per heavy atom. The normalized spacial score (nSPS) is 12.0. The van der Waals surface area contributed by atoms with Gasteiger partial charge in [0, 0.05) is 9.86 Å². The van der Waals surface area contributed by atoms with Gasteiger partial charge < -0.3 is 5.11 Å². The summed E-state index contributed by atoms with van der Waals surface area (Å²) in [6.07, 6.45) is 2.05. The molecule has 1 amide bonds. The van der Waals surface area contributed by atoms with Crippen LogP contribution < -0.4 is 0 Å². The monoisotopic (exact) mass is 559 g/mol. The summed E-state index contributed by atoms with van der Waals surface area (Å²) < 4.78 is 4.61. The Hall–Kier alpha value is -2.27. The Bertz CT molecular complexity index is 1290. The van der Waals surface area contributed by atoms with Crippen molar-refractivity contribution in [2.24, 2.45) is 10.2 Å². The third kappa shape index (κ3) is 5.68. The first kappa shape index (κ1) is 24.8. The summed E-state index contributed by atoms with van der Waals surface area (Å²) in [5.41, 5.74) is 2.08. The van der Waals surface area contributed by atoms with Crippen molar-refractivity contribution in [3.63, 3.8) is 0 Å². The van der Waals surface area contributed by atoms with Crippen molar-refractivity contribution in [2.75, 3.05) is 18.8 Å². The average molecular weight is 561 g/mol. The minimum atomic E-state index is -0.377. The van der Waals surface area contributed by atoms with Crippen LogP contribution in [-0.2, 0) is 11.5 Å². The molecule has 0 fully saturated rings. The van der Waals surface area contributed by atoms with Crippen LogP contribution in [-0.4, -0.2) is 44.3 Å². The van der Waals surface area contributed by atoms with Crippen molar-refractivity contribution in [3.8, 4) is 5.88 Å². The lowest BCUT2D eigenvalue weighted by Crippen LogP contribution is -2.27. The fraction of sp³-hybridized carbons (Fsp3) is 0.333. The highest BCUT2D eigenvalue weighted by Crippen LogP contribution is 2.40. The minimum absolute atomic E-state index is 0.0145. The SMILES string of the molecule is CCCN(CCC)Cn1c(O)c(N=NC(=O)CSc2nc3ccccc3s2)c2cc(Br)ccc21. The summed E-state index contributed by atoms with van der Waals surface area (Å²) in [6.45, 7) is 6.70. The first-order chi connectivity index (χ1) is 16.5. The molecule has 0 aliphatic heterocycles. The molecule has 2 heterocycles. The number of amides is 1. The van der Waals surface area contributed by atoms with E-state index >= 15 is 0 Å². The Morgan fingerprint density at radius 2 is 1.97 bits per heavy atom. The Kier molecular flexibility index (Phi) is 8.36. The van der Waals surface area contributed by atoms with Gasteiger partial charge in [0.15, 0.2) is 10.0 Å². The van der Waals surface area contributed by atoms with Crippen LogP contribution >= 0.6 is 39.0 Å². The fourth-order valence-electron chi connectivity index (χ4n) is 3.79. The third-order valence-corrected chi connectivity index (χ3v) is 7.91. The molecule has 0 aliphatic rings. The number of para-hydroxylation sites is 1. The average Bonchev–Trinajstić information content (AvgIpc) is 3.35. The number of nitrogens with zero attached hydrogens (tertiary/aromatic N) is 5. The Balaban J connectivity index is 1.54. The number of rotatable bonds is 10. The largest absolute Gasteiger partial charge is 0.493 e. The molecule has 0 saturated heterocycles. The van der Waals surface area contributed by atoms with Crippen LogP contribution in [0.3, 0.4) is 0 Å². The second kappa shape index (κ2) is 11.4. The number of azo groups is 1. The predicted molar refractivity (Wildman–Crippen MR) is 143 cm³/mol. The van der Waals surface area contributed by atoms with Crippen LogP contribution in [0.5, 0.6) is 5.88 Å². The number of halogens is 1. The minimum Gasteiger partial charge on any atom is -0.493 e. The predicted octanol–water partition coefficient (Wildman–Crippen LogP) is 7.20. The standard InChI is InChI=1S/C24H26BrN5O2S2/c1-3-11-29(12-4-2)15-30-19-10-9-16(25)13-17(19)22(23(30)32)28-27-21(31)14-33-24-26-18-7-5-6-8-20(18)34-24/h5-10,13,32H,3-4,11-12,14-15H2,1-2H3. The van der Waals surface area contributed by atoms with Gasteiger partial charge in [0.2, 0.25) is 5.88 Å². The van der Waals surface area contributed by atoms with Crippen molar-refractivity contribution in [3.05, 3.63) is 46.9 Å². The molecule has 34 heavy (non-hydrogen) atoms. The van der Waals surface area contributed by atoms with Crippen LogP contribution in [0.4, 0.5) is 5.69 Å². The third-order valence-electron chi connectivity index (χ3n) is 5.25. The highest BCUT2D eigenvalue weighted by molar-refractivity contribution is 9.10. The maximum atomic E-state index is 12.5. The number of thiazole rings is 1. The number of carbonyl (C=O) groups excluding carboxylic acids is 1. The highest BCUT2D eigenvalue weighted by Gasteiger charge is 2.19. The fourth-order valence-corrected chi connectivity index (χ4v) is 6.00. The number of hydrogen-bond acceptors (Lipinski definition) is 7. The maximum Gasteiger partial charge on any atom is 0.274 e. The van der Waals surface area contributed by atoms with E-state index < -0.39 is 0 Å². The summed E-state index contributed by atoms with van der Waals surface area (Å²) in [6, 6.07) is 13.7. The van der Waals surface area contributed by atoms with E-state index in [1.165, 1.54) is 11.8 Å². The molecule has 4 rings (SSSR count). The van der Waals surface area contributed by atoms with Crippen molar-refractivity contribution in [1.29, 1.82) is 0 Å². The number of aromatic hydroxyl groups is 1. The summed E-state index contributed by atoms with van der Waals surface area (Å²) in [5.74, 6) is -0.230. The van der Waals surface area contributed by atoms with Crippen LogP contribution in [0.25, 0.3) is 21.1 Å². The molecule has 7 nitrogen and oxygen atoms in total. The van der Waals surface area contributed by atoms with E-state index in [1.807, 2.05) is 47.0 Å². The van der Waals surface area contributed by atoms with Crippen LogP contribution in [0.2, 0.25) is 0 Å². The first-order valence-electron chi connectivity index (χ1n) is 11.2. The summed E-state index contributed by atoms with van der Waals surface area (Å²) in [7, 11) is 0. The van der Waals surface area contributed by atoms with Gasteiger partial charge >= 0.3 is 0 Å². The molecule has 0 spiro atoms. The van der Waals surface area contributed by atoms with Gasteiger partial charge in [-0.25, -0.2) is 4.98 Å². The summed E-state index contributed by atoms with van der Waals surface area (Å²) >= 11 is 6.39. The molecule has 0 radical (unpaired) electrons. The molecule has 0 aliphatic carbocycles. The topological polar surface area (TPSA) is 83.1 Å². The molecule has 4 aromatic rings. The van der Waals surface area contributed by atoms with Gasteiger partial charge in [0.25, 0.3) is 5.91 Å². The first-order valence-corrected chi connectivity index (χ1v) is 13.8. The van der Waals surface area contributed by atoms with E-state index in [4.69, 9.17) is 0 Å². The lowest BCUT2D eigenvalue weighted by molar-refractivity contribution is -0.115. The second-order valence-corrected chi connectivity index (χ2v) is 11.0. The molecule has 2 aromatic carbocycles. The summed E-state index contributed by atoms with van der Waals surface area (Å²) in [5, 5.41) is 19.9. The van der Waals surface area contributed by atoms with Gasteiger partial charge in [-0.05, 0) is 56.3 Å². The molecule has 0 unspecified atom stereocenters. The quantitative estimate of drug-likeness (QED) is 0.164. The zero-order valence-corrected chi connectivity index (χ0v) is 22.3. The van der Waals surface area contributed by atoms with E-state index in [1.54, 1.807) is 11.3 Å². The molecule has 1 N–H and O–H groups in total. The van der Waals surface area contributed by atoms with E-state index in [0.29, 0.717) is 12.4 Å². The van der Waals surface area contributed by atoms with Gasteiger partial charge in [-0.1, -0.05) is 53.7 Å². The van der Waals surface area contributed by atoms with E-state index in [-0.39, 0.29) is 17.5 Å². The van der Waals surface area contributed by atoms with Crippen LogP contribution in [0, 0.1) is 0 Å². The van der Waals surface area contributed by atoms with Crippen LogP contribution in [0.1, 0.15) is 26.7 Å². The van der Waals surface area contributed by atoms with Crippen molar-refractivity contribution in [1.82, 2.24) is 14.5 Å². The zero-order chi connectivity index (χ0) is 24.1. The van der Waals surface area contributed by atoms with Gasteiger partial charge in [0.05, 0.1) is 28.2 Å². The van der Waals surface area contributed by atoms with Crippen molar-refractivity contribution in [2.45, 2.75) is 37.7 Å². The van der Waals surface area contributed by atoms with Gasteiger partial charge in [-0.3, -0.25) is 14.3 Å². The number of hydrogen-bond donors (Lipinski definition) is 1. The lowest BCUT2D eigenvalue weighted by atomic mass is 10.2. The smallest absolute Gasteiger partial charge is 0.274 e. The molecule has 2 aromatic heterocycles. The van der Waals surface area contributed by atoms with Crippen molar-refractivity contribution < 1.29 is 9.90 Å².